The lowest BCUT2D eigenvalue weighted by Crippen LogP contribution is -2.49. The van der Waals surface area contributed by atoms with Gasteiger partial charge >= 0.3 is 6.03 Å². The van der Waals surface area contributed by atoms with E-state index in [-0.39, 0.29) is 18.1 Å². The Morgan fingerprint density at radius 2 is 1.75 bits per heavy atom. The summed E-state index contributed by atoms with van der Waals surface area (Å²) in [6, 6.07) is -0.520. The summed E-state index contributed by atoms with van der Waals surface area (Å²) in [7, 11) is -1.68. The normalized spacial score (nSPS) is 17.7. The highest BCUT2D eigenvalue weighted by Crippen LogP contribution is 2.08. The predicted octanol–water partition coefficient (Wildman–Crippen LogP) is -1.20. The fourth-order valence-corrected chi connectivity index (χ4v) is 3.01. The van der Waals surface area contributed by atoms with E-state index in [0.717, 1.165) is 0 Å². The van der Waals surface area contributed by atoms with Gasteiger partial charge in [-0.3, -0.25) is 10.1 Å². The van der Waals surface area contributed by atoms with Gasteiger partial charge in [-0.1, -0.05) is 0 Å². The predicted molar refractivity (Wildman–Crippen MR) is 74.7 cm³/mol. The van der Waals surface area contributed by atoms with Crippen LogP contribution in [-0.2, 0) is 14.8 Å². The number of rotatable bonds is 5. The van der Waals surface area contributed by atoms with Crippen LogP contribution in [0.15, 0.2) is 0 Å². The van der Waals surface area contributed by atoms with E-state index in [1.807, 2.05) is 4.90 Å². The van der Waals surface area contributed by atoms with Gasteiger partial charge in [0.15, 0.2) is 0 Å². The van der Waals surface area contributed by atoms with Gasteiger partial charge in [0.25, 0.3) is 0 Å². The minimum absolute atomic E-state index is 0.113. The SMILES string of the molecule is CCS(=O)(=O)N1CCN(CCC(=O)NC(=O)NC)CC1. The molecule has 1 fully saturated rings. The van der Waals surface area contributed by atoms with E-state index >= 15 is 0 Å². The molecule has 1 aliphatic rings. The third-order valence-electron chi connectivity index (χ3n) is 3.22. The highest BCUT2D eigenvalue weighted by molar-refractivity contribution is 7.89. The van der Waals surface area contributed by atoms with Gasteiger partial charge in [0, 0.05) is 46.2 Å². The zero-order chi connectivity index (χ0) is 15.2. The van der Waals surface area contributed by atoms with Gasteiger partial charge in [-0.2, -0.15) is 4.31 Å². The van der Waals surface area contributed by atoms with Crippen LogP contribution in [0.4, 0.5) is 4.79 Å². The number of nitrogens with zero attached hydrogens (tertiary/aromatic N) is 2. The van der Waals surface area contributed by atoms with Gasteiger partial charge in [0.05, 0.1) is 5.75 Å². The van der Waals surface area contributed by atoms with Gasteiger partial charge in [-0.15, -0.1) is 0 Å². The zero-order valence-corrected chi connectivity index (χ0v) is 12.7. The fourth-order valence-electron chi connectivity index (χ4n) is 1.93. The van der Waals surface area contributed by atoms with Crippen LogP contribution >= 0.6 is 0 Å². The van der Waals surface area contributed by atoms with E-state index in [1.54, 1.807) is 6.92 Å². The number of sulfonamides is 1. The summed E-state index contributed by atoms with van der Waals surface area (Å²) in [5.41, 5.74) is 0. The number of hydrogen-bond acceptors (Lipinski definition) is 5. The van der Waals surface area contributed by atoms with E-state index in [0.29, 0.717) is 32.7 Å². The summed E-state index contributed by atoms with van der Waals surface area (Å²) in [6.07, 6.45) is 0.216. The molecule has 116 valence electrons. The average Bonchev–Trinajstić information content (AvgIpc) is 2.45. The van der Waals surface area contributed by atoms with Crippen molar-refractivity contribution >= 4 is 22.0 Å². The minimum atomic E-state index is -3.12. The second-order valence-electron chi connectivity index (χ2n) is 4.52. The first-order valence-electron chi connectivity index (χ1n) is 6.60. The maximum absolute atomic E-state index is 11.7. The minimum Gasteiger partial charge on any atom is -0.341 e. The second kappa shape index (κ2) is 7.55. The Balaban J connectivity index is 2.30. The number of piperazine rings is 1. The smallest absolute Gasteiger partial charge is 0.321 e. The summed E-state index contributed by atoms with van der Waals surface area (Å²) in [5.74, 6) is -0.227. The number of amides is 3. The molecule has 0 aromatic carbocycles. The van der Waals surface area contributed by atoms with Crippen LogP contribution in [0.25, 0.3) is 0 Å². The largest absolute Gasteiger partial charge is 0.341 e. The summed E-state index contributed by atoms with van der Waals surface area (Å²) in [6.45, 7) is 4.26. The molecular formula is C11H22N4O4S. The van der Waals surface area contributed by atoms with Crippen molar-refractivity contribution in [2.24, 2.45) is 0 Å². The molecule has 3 amide bonds. The number of hydrogen-bond donors (Lipinski definition) is 2. The van der Waals surface area contributed by atoms with Crippen LogP contribution in [0.1, 0.15) is 13.3 Å². The summed E-state index contributed by atoms with van der Waals surface area (Å²) < 4.78 is 24.8. The molecule has 0 saturated carbocycles. The number of urea groups is 1. The Hall–Kier alpha value is -1.19. The fraction of sp³-hybridized carbons (Fsp3) is 0.818. The highest BCUT2D eigenvalue weighted by atomic mass is 32.2. The number of nitrogens with one attached hydrogen (secondary N) is 2. The molecule has 9 heteroatoms. The standard InChI is InChI=1S/C11H22N4O4S/c1-3-20(18,19)15-8-6-14(7-9-15)5-4-10(16)13-11(17)12-2/h3-9H2,1-2H3,(H2,12,13,16,17). The number of imide groups is 1. The van der Waals surface area contributed by atoms with Crippen molar-refractivity contribution in [3.63, 3.8) is 0 Å². The van der Waals surface area contributed by atoms with Crippen molar-refractivity contribution in [2.45, 2.75) is 13.3 Å². The lowest BCUT2D eigenvalue weighted by Gasteiger charge is -2.33. The first-order valence-corrected chi connectivity index (χ1v) is 8.21. The number of carbonyl (C=O) groups is 2. The lowest BCUT2D eigenvalue weighted by molar-refractivity contribution is -0.120. The molecule has 0 atom stereocenters. The molecule has 0 bridgehead atoms. The molecule has 8 nitrogen and oxygen atoms in total. The summed E-state index contributed by atoms with van der Waals surface area (Å²) >= 11 is 0. The molecule has 0 spiro atoms. The average molecular weight is 306 g/mol. The van der Waals surface area contributed by atoms with E-state index in [1.165, 1.54) is 11.4 Å². The molecule has 0 aliphatic carbocycles. The van der Waals surface area contributed by atoms with Crippen LogP contribution in [0.5, 0.6) is 0 Å². The Morgan fingerprint density at radius 1 is 1.15 bits per heavy atom. The monoisotopic (exact) mass is 306 g/mol. The molecule has 1 saturated heterocycles. The number of carbonyl (C=O) groups excluding carboxylic acids is 2. The maximum atomic E-state index is 11.7. The topological polar surface area (TPSA) is 98.8 Å². The molecule has 0 radical (unpaired) electrons. The van der Waals surface area contributed by atoms with Crippen molar-refractivity contribution in [3.05, 3.63) is 0 Å². The summed E-state index contributed by atoms with van der Waals surface area (Å²) in [5, 5.41) is 4.49. The molecule has 20 heavy (non-hydrogen) atoms. The van der Waals surface area contributed by atoms with Gasteiger partial charge in [0.2, 0.25) is 15.9 Å². The van der Waals surface area contributed by atoms with Crippen LogP contribution < -0.4 is 10.6 Å². The zero-order valence-electron chi connectivity index (χ0n) is 11.9. The molecule has 0 aromatic rings. The second-order valence-corrected chi connectivity index (χ2v) is 6.78. The molecule has 2 N–H and O–H groups in total. The van der Waals surface area contributed by atoms with Crippen LogP contribution in [0, 0.1) is 0 Å². The Kier molecular flexibility index (Phi) is 6.37. The molecule has 1 heterocycles. The third-order valence-corrected chi connectivity index (χ3v) is 5.11. The van der Waals surface area contributed by atoms with Gasteiger partial charge in [-0.05, 0) is 6.92 Å². The van der Waals surface area contributed by atoms with E-state index < -0.39 is 16.1 Å². The molecule has 1 aliphatic heterocycles. The summed E-state index contributed by atoms with van der Waals surface area (Å²) in [4.78, 5) is 24.4. The van der Waals surface area contributed by atoms with Crippen LogP contribution in [0.2, 0.25) is 0 Å². The lowest BCUT2D eigenvalue weighted by atomic mass is 10.3. The van der Waals surface area contributed by atoms with E-state index in [4.69, 9.17) is 0 Å². The molecule has 0 unspecified atom stereocenters. The highest BCUT2D eigenvalue weighted by Gasteiger charge is 2.25. The van der Waals surface area contributed by atoms with Crippen molar-refractivity contribution in [1.82, 2.24) is 19.8 Å². The van der Waals surface area contributed by atoms with Gasteiger partial charge < -0.3 is 10.2 Å². The van der Waals surface area contributed by atoms with Crippen LogP contribution in [0.3, 0.4) is 0 Å². The van der Waals surface area contributed by atoms with Crippen molar-refractivity contribution in [1.29, 1.82) is 0 Å². The maximum Gasteiger partial charge on any atom is 0.321 e. The molecule has 1 rings (SSSR count). The third kappa shape index (κ3) is 5.06. The Morgan fingerprint density at radius 3 is 2.25 bits per heavy atom. The quantitative estimate of drug-likeness (QED) is 0.665. The van der Waals surface area contributed by atoms with Crippen molar-refractivity contribution in [3.8, 4) is 0 Å². The Bertz CT molecular complexity index is 443. The first kappa shape index (κ1) is 16.9. The first-order chi connectivity index (χ1) is 9.39. The van der Waals surface area contributed by atoms with Gasteiger partial charge in [-0.25, -0.2) is 13.2 Å². The van der Waals surface area contributed by atoms with Crippen molar-refractivity contribution in [2.75, 3.05) is 45.5 Å². The molecular weight excluding hydrogens is 284 g/mol. The van der Waals surface area contributed by atoms with E-state index in [9.17, 15) is 18.0 Å². The van der Waals surface area contributed by atoms with E-state index in [2.05, 4.69) is 10.6 Å². The van der Waals surface area contributed by atoms with Crippen molar-refractivity contribution < 1.29 is 18.0 Å². The molecule has 0 aromatic heterocycles. The van der Waals surface area contributed by atoms with Gasteiger partial charge in [0.1, 0.15) is 0 Å². The van der Waals surface area contributed by atoms with Crippen LogP contribution in [-0.4, -0.2) is 75.1 Å². The Labute approximate surface area is 119 Å².